The van der Waals surface area contributed by atoms with Crippen LogP contribution in [-0.2, 0) is 17.6 Å². The topological polar surface area (TPSA) is 46.3 Å². The lowest BCUT2D eigenvalue weighted by molar-refractivity contribution is -0.119. The van der Waals surface area contributed by atoms with Gasteiger partial charge in [-0.05, 0) is 55.7 Å². The lowest BCUT2D eigenvalue weighted by Gasteiger charge is -2.23. The van der Waals surface area contributed by atoms with Crippen molar-refractivity contribution in [1.29, 1.82) is 0 Å². The summed E-state index contributed by atoms with van der Waals surface area (Å²) in [5, 5.41) is 0. The first kappa shape index (κ1) is 18.0. The maximum absolute atomic E-state index is 12.5. The van der Waals surface area contributed by atoms with Gasteiger partial charge < -0.3 is 10.6 Å². The molecular weight excluding hydrogens is 284 g/mol. The molecule has 0 spiro atoms. The van der Waals surface area contributed by atoms with Gasteiger partial charge in [0.25, 0.3) is 0 Å². The van der Waals surface area contributed by atoms with Crippen LogP contribution in [0.5, 0.6) is 0 Å². The Labute approximate surface area is 141 Å². The third-order valence-corrected chi connectivity index (χ3v) is 4.64. The SMILES string of the molecule is CCCCC(=O)N1c2ccc(CC(N)CC(C)C)cc2CC1C. The molecule has 128 valence electrons. The summed E-state index contributed by atoms with van der Waals surface area (Å²) < 4.78 is 0. The maximum atomic E-state index is 12.5. The minimum atomic E-state index is 0.217. The molecule has 23 heavy (non-hydrogen) atoms. The van der Waals surface area contributed by atoms with Crippen molar-refractivity contribution in [1.82, 2.24) is 0 Å². The highest BCUT2D eigenvalue weighted by atomic mass is 16.2. The lowest BCUT2D eigenvalue weighted by atomic mass is 9.96. The molecule has 0 aliphatic carbocycles. The normalized spacial score (nSPS) is 18.3. The van der Waals surface area contributed by atoms with E-state index in [-0.39, 0.29) is 18.0 Å². The Balaban J connectivity index is 2.10. The fourth-order valence-corrected chi connectivity index (χ4v) is 3.63. The number of anilines is 1. The van der Waals surface area contributed by atoms with E-state index in [0.717, 1.165) is 37.8 Å². The minimum Gasteiger partial charge on any atom is -0.327 e. The highest BCUT2D eigenvalue weighted by molar-refractivity contribution is 5.96. The summed E-state index contributed by atoms with van der Waals surface area (Å²) in [5.74, 6) is 0.897. The molecule has 3 nitrogen and oxygen atoms in total. The summed E-state index contributed by atoms with van der Waals surface area (Å²) >= 11 is 0. The molecule has 0 fully saturated rings. The molecule has 2 N–H and O–H groups in total. The molecule has 0 aromatic heterocycles. The molecule has 2 unspecified atom stereocenters. The van der Waals surface area contributed by atoms with Gasteiger partial charge in [0.2, 0.25) is 5.91 Å². The summed E-state index contributed by atoms with van der Waals surface area (Å²) in [6.45, 7) is 8.70. The number of nitrogens with zero attached hydrogens (tertiary/aromatic N) is 1. The van der Waals surface area contributed by atoms with Crippen molar-refractivity contribution in [2.75, 3.05) is 4.90 Å². The van der Waals surface area contributed by atoms with Crippen LogP contribution in [0, 0.1) is 5.92 Å². The van der Waals surface area contributed by atoms with E-state index < -0.39 is 0 Å². The van der Waals surface area contributed by atoms with Crippen LogP contribution in [0.3, 0.4) is 0 Å². The van der Waals surface area contributed by atoms with Gasteiger partial charge in [-0.2, -0.15) is 0 Å². The van der Waals surface area contributed by atoms with E-state index in [1.165, 1.54) is 11.1 Å². The van der Waals surface area contributed by atoms with Crippen LogP contribution in [-0.4, -0.2) is 18.0 Å². The second-order valence-corrected chi connectivity index (χ2v) is 7.48. The zero-order valence-corrected chi connectivity index (χ0v) is 15.1. The van der Waals surface area contributed by atoms with Gasteiger partial charge in [0.15, 0.2) is 0 Å². The molecule has 1 aromatic carbocycles. The lowest BCUT2D eigenvalue weighted by Crippen LogP contribution is -2.35. The molecule has 1 aliphatic heterocycles. The second kappa shape index (κ2) is 7.96. The standard InChI is InChI=1S/C20H32N2O/c1-5-6-7-20(23)22-15(4)11-17-12-16(8-9-19(17)22)13-18(21)10-14(2)3/h8-9,12,14-15,18H,5-7,10-11,13,21H2,1-4H3. The first-order valence-corrected chi connectivity index (χ1v) is 9.11. The van der Waals surface area contributed by atoms with Crippen LogP contribution in [0.1, 0.15) is 64.5 Å². The van der Waals surface area contributed by atoms with Crippen LogP contribution in [0.2, 0.25) is 0 Å². The van der Waals surface area contributed by atoms with Gasteiger partial charge in [0.1, 0.15) is 0 Å². The van der Waals surface area contributed by atoms with Crippen molar-refractivity contribution in [3.8, 4) is 0 Å². The predicted octanol–water partition coefficient (Wildman–Crippen LogP) is 4.07. The van der Waals surface area contributed by atoms with Gasteiger partial charge in [-0.15, -0.1) is 0 Å². The van der Waals surface area contributed by atoms with Crippen molar-refractivity contribution >= 4 is 11.6 Å². The van der Waals surface area contributed by atoms with Crippen molar-refractivity contribution in [3.63, 3.8) is 0 Å². The van der Waals surface area contributed by atoms with Gasteiger partial charge in [0.05, 0.1) is 0 Å². The minimum absolute atomic E-state index is 0.217. The zero-order valence-electron chi connectivity index (χ0n) is 15.1. The van der Waals surface area contributed by atoms with Crippen LogP contribution >= 0.6 is 0 Å². The van der Waals surface area contributed by atoms with E-state index in [0.29, 0.717) is 12.3 Å². The Morgan fingerprint density at radius 2 is 2.13 bits per heavy atom. The van der Waals surface area contributed by atoms with E-state index in [1.807, 2.05) is 4.90 Å². The van der Waals surface area contributed by atoms with Gasteiger partial charge in [-0.25, -0.2) is 0 Å². The molecule has 0 saturated heterocycles. The molecule has 2 rings (SSSR count). The number of fused-ring (bicyclic) bond motifs is 1. The fraction of sp³-hybridized carbons (Fsp3) is 0.650. The summed E-state index contributed by atoms with van der Waals surface area (Å²) in [6, 6.07) is 7.03. The zero-order chi connectivity index (χ0) is 17.0. The Kier molecular flexibility index (Phi) is 6.23. The number of hydrogen-bond donors (Lipinski definition) is 1. The van der Waals surface area contributed by atoms with Crippen molar-refractivity contribution < 1.29 is 4.79 Å². The summed E-state index contributed by atoms with van der Waals surface area (Å²) in [7, 11) is 0. The average Bonchev–Trinajstić information content (AvgIpc) is 2.78. The average molecular weight is 316 g/mol. The molecular formula is C20H32N2O. The molecule has 1 amide bonds. The third kappa shape index (κ3) is 4.57. The van der Waals surface area contributed by atoms with E-state index in [1.54, 1.807) is 0 Å². The first-order chi connectivity index (χ1) is 10.9. The predicted molar refractivity (Wildman–Crippen MR) is 97.8 cm³/mol. The number of carbonyl (C=O) groups excluding carboxylic acids is 1. The highest BCUT2D eigenvalue weighted by Gasteiger charge is 2.30. The van der Waals surface area contributed by atoms with E-state index in [9.17, 15) is 4.79 Å². The number of carbonyl (C=O) groups is 1. The second-order valence-electron chi connectivity index (χ2n) is 7.48. The number of unbranched alkanes of at least 4 members (excludes halogenated alkanes) is 1. The molecule has 1 aromatic rings. The molecule has 1 heterocycles. The van der Waals surface area contributed by atoms with Crippen LogP contribution < -0.4 is 10.6 Å². The van der Waals surface area contributed by atoms with E-state index in [2.05, 4.69) is 45.9 Å². The molecule has 0 saturated carbocycles. The number of rotatable bonds is 7. The Hall–Kier alpha value is -1.35. The van der Waals surface area contributed by atoms with Crippen LogP contribution in [0.15, 0.2) is 18.2 Å². The smallest absolute Gasteiger partial charge is 0.227 e. The van der Waals surface area contributed by atoms with E-state index in [4.69, 9.17) is 5.73 Å². The van der Waals surface area contributed by atoms with E-state index >= 15 is 0 Å². The Morgan fingerprint density at radius 1 is 1.39 bits per heavy atom. The van der Waals surface area contributed by atoms with Crippen molar-refractivity contribution in [3.05, 3.63) is 29.3 Å². The quantitative estimate of drug-likeness (QED) is 0.824. The number of benzene rings is 1. The molecule has 1 aliphatic rings. The number of nitrogens with two attached hydrogens (primary N) is 1. The highest BCUT2D eigenvalue weighted by Crippen LogP contribution is 2.34. The Bertz CT molecular complexity index is 538. The summed E-state index contributed by atoms with van der Waals surface area (Å²) in [5.41, 5.74) is 9.96. The van der Waals surface area contributed by atoms with Crippen molar-refractivity contribution in [2.24, 2.45) is 11.7 Å². The molecule has 0 radical (unpaired) electrons. The summed E-state index contributed by atoms with van der Waals surface area (Å²) in [6.07, 6.45) is 5.62. The first-order valence-electron chi connectivity index (χ1n) is 9.11. The van der Waals surface area contributed by atoms with Gasteiger partial charge >= 0.3 is 0 Å². The van der Waals surface area contributed by atoms with Crippen LogP contribution in [0.4, 0.5) is 5.69 Å². The van der Waals surface area contributed by atoms with Crippen molar-refractivity contribution in [2.45, 2.75) is 78.3 Å². The number of amides is 1. The maximum Gasteiger partial charge on any atom is 0.227 e. The largest absolute Gasteiger partial charge is 0.327 e. The summed E-state index contributed by atoms with van der Waals surface area (Å²) in [4.78, 5) is 14.5. The molecule has 2 atom stereocenters. The van der Waals surface area contributed by atoms with Gasteiger partial charge in [0, 0.05) is 24.2 Å². The molecule has 3 heteroatoms. The number of hydrogen-bond acceptors (Lipinski definition) is 2. The van der Waals surface area contributed by atoms with Crippen LogP contribution in [0.25, 0.3) is 0 Å². The van der Waals surface area contributed by atoms with Gasteiger partial charge in [-0.1, -0.05) is 39.3 Å². The Morgan fingerprint density at radius 3 is 2.78 bits per heavy atom. The third-order valence-electron chi connectivity index (χ3n) is 4.64. The van der Waals surface area contributed by atoms with Gasteiger partial charge in [-0.3, -0.25) is 4.79 Å². The fourth-order valence-electron chi connectivity index (χ4n) is 3.63. The molecule has 0 bridgehead atoms. The monoisotopic (exact) mass is 316 g/mol.